The molecular formula is C15H23NS. The molecule has 2 rings (SSSR count). The highest BCUT2D eigenvalue weighted by atomic mass is 32.2. The van der Waals surface area contributed by atoms with E-state index in [9.17, 15) is 0 Å². The summed E-state index contributed by atoms with van der Waals surface area (Å²) in [6, 6.07) is 7.46. The Labute approximate surface area is 109 Å². The Balaban J connectivity index is 2.20. The molecule has 0 amide bonds. The number of hydrogen-bond acceptors (Lipinski definition) is 2. The van der Waals surface area contributed by atoms with Crippen LogP contribution >= 0.6 is 11.8 Å². The lowest BCUT2D eigenvalue weighted by molar-refractivity contribution is 0.498. The minimum absolute atomic E-state index is 0.565. The Morgan fingerprint density at radius 2 is 2.06 bits per heavy atom. The molecule has 0 bridgehead atoms. The number of thioether (sulfide) groups is 1. The summed E-state index contributed by atoms with van der Waals surface area (Å²) in [5, 5.41) is 4.45. The second-order valence-electron chi connectivity index (χ2n) is 4.92. The van der Waals surface area contributed by atoms with Crippen molar-refractivity contribution in [2.75, 3.05) is 6.54 Å². The minimum atomic E-state index is 0.565. The van der Waals surface area contributed by atoms with Gasteiger partial charge in [-0.25, -0.2) is 0 Å². The van der Waals surface area contributed by atoms with Gasteiger partial charge in [-0.3, -0.25) is 0 Å². The molecule has 1 nitrogen and oxygen atoms in total. The van der Waals surface area contributed by atoms with Crippen molar-refractivity contribution in [1.82, 2.24) is 5.32 Å². The molecule has 0 spiro atoms. The number of rotatable bonds is 5. The van der Waals surface area contributed by atoms with E-state index < -0.39 is 0 Å². The van der Waals surface area contributed by atoms with Crippen LogP contribution in [0.3, 0.4) is 0 Å². The second-order valence-corrected chi connectivity index (χ2v) is 6.20. The molecule has 1 heterocycles. The molecule has 2 unspecified atom stereocenters. The molecule has 2 atom stereocenters. The summed E-state index contributed by atoms with van der Waals surface area (Å²) in [5.74, 6) is 0. The first-order valence-electron chi connectivity index (χ1n) is 6.76. The maximum absolute atomic E-state index is 3.73. The Kier molecular flexibility index (Phi) is 4.52. The Hall–Kier alpha value is -0.470. The van der Waals surface area contributed by atoms with E-state index in [-0.39, 0.29) is 0 Å². The van der Waals surface area contributed by atoms with E-state index in [0.717, 1.165) is 11.8 Å². The monoisotopic (exact) mass is 249 g/mol. The van der Waals surface area contributed by atoms with Crippen LogP contribution in [0, 0.1) is 6.92 Å². The largest absolute Gasteiger partial charge is 0.309 e. The van der Waals surface area contributed by atoms with Gasteiger partial charge in [0.05, 0.1) is 0 Å². The van der Waals surface area contributed by atoms with Gasteiger partial charge < -0.3 is 5.32 Å². The molecule has 0 radical (unpaired) electrons. The summed E-state index contributed by atoms with van der Waals surface area (Å²) in [6.45, 7) is 7.83. The topological polar surface area (TPSA) is 12.0 Å². The maximum Gasteiger partial charge on any atom is 0.0455 e. The van der Waals surface area contributed by atoms with Crippen LogP contribution in [0.25, 0.3) is 0 Å². The third kappa shape index (κ3) is 2.86. The van der Waals surface area contributed by atoms with Crippen molar-refractivity contribution in [3.05, 3.63) is 29.3 Å². The predicted octanol–water partition coefficient (Wildman–Crippen LogP) is 4.31. The fourth-order valence-electron chi connectivity index (χ4n) is 2.50. The van der Waals surface area contributed by atoms with Crippen LogP contribution in [0.15, 0.2) is 23.1 Å². The van der Waals surface area contributed by atoms with Gasteiger partial charge in [0.25, 0.3) is 0 Å². The molecule has 1 aromatic carbocycles. The van der Waals surface area contributed by atoms with Crippen molar-refractivity contribution in [1.29, 1.82) is 0 Å². The van der Waals surface area contributed by atoms with Crippen LogP contribution in [0.1, 0.15) is 50.3 Å². The molecule has 0 saturated heterocycles. The molecule has 1 aliphatic rings. The lowest BCUT2D eigenvalue weighted by Gasteiger charge is -2.20. The fourth-order valence-corrected chi connectivity index (χ4v) is 4.03. The van der Waals surface area contributed by atoms with Crippen LogP contribution in [-0.4, -0.2) is 11.8 Å². The van der Waals surface area contributed by atoms with E-state index >= 15 is 0 Å². The van der Waals surface area contributed by atoms with Crippen LogP contribution in [0.5, 0.6) is 0 Å². The van der Waals surface area contributed by atoms with Crippen molar-refractivity contribution in [3.8, 4) is 0 Å². The predicted molar refractivity (Wildman–Crippen MR) is 76.8 cm³/mol. The van der Waals surface area contributed by atoms with E-state index in [1.54, 1.807) is 0 Å². The average molecular weight is 249 g/mol. The third-order valence-electron chi connectivity index (χ3n) is 3.34. The molecule has 2 heteroatoms. The van der Waals surface area contributed by atoms with E-state index in [0.29, 0.717) is 6.04 Å². The molecule has 0 fully saturated rings. The van der Waals surface area contributed by atoms with Gasteiger partial charge in [-0.2, -0.15) is 0 Å². The first-order chi connectivity index (χ1) is 8.26. The van der Waals surface area contributed by atoms with E-state index in [4.69, 9.17) is 0 Å². The highest BCUT2D eigenvalue weighted by molar-refractivity contribution is 8.00. The van der Waals surface area contributed by atoms with E-state index in [1.807, 2.05) is 0 Å². The summed E-state index contributed by atoms with van der Waals surface area (Å²) < 4.78 is 0. The molecular weight excluding hydrogens is 226 g/mol. The van der Waals surface area contributed by atoms with Gasteiger partial charge in [-0.15, -0.1) is 11.8 Å². The van der Waals surface area contributed by atoms with Gasteiger partial charge in [0.15, 0.2) is 0 Å². The quantitative estimate of drug-likeness (QED) is 0.834. The highest BCUT2D eigenvalue weighted by Crippen LogP contribution is 2.46. The maximum atomic E-state index is 3.73. The molecule has 1 aliphatic heterocycles. The molecule has 0 aromatic heterocycles. The van der Waals surface area contributed by atoms with Crippen molar-refractivity contribution >= 4 is 11.8 Å². The first-order valence-corrected chi connectivity index (χ1v) is 7.64. The SMILES string of the molecule is CCCNC1c2cc(C)ccc2SC1CCC. The normalized spacial score (nSPS) is 22.8. The van der Waals surface area contributed by atoms with Gasteiger partial charge in [-0.05, 0) is 37.9 Å². The second kappa shape index (κ2) is 5.92. The van der Waals surface area contributed by atoms with Gasteiger partial charge in [0.1, 0.15) is 0 Å². The van der Waals surface area contributed by atoms with E-state index in [1.165, 1.54) is 35.3 Å². The van der Waals surface area contributed by atoms with Crippen molar-refractivity contribution < 1.29 is 0 Å². The summed E-state index contributed by atoms with van der Waals surface area (Å²) in [5.41, 5.74) is 2.91. The van der Waals surface area contributed by atoms with Gasteiger partial charge >= 0.3 is 0 Å². The summed E-state index contributed by atoms with van der Waals surface area (Å²) in [7, 11) is 0. The average Bonchev–Trinajstić information content (AvgIpc) is 2.64. The summed E-state index contributed by atoms with van der Waals surface area (Å²) in [4.78, 5) is 1.49. The van der Waals surface area contributed by atoms with E-state index in [2.05, 4.69) is 56.0 Å². The zero-order valence-corrected chi connectivity index (χ0v) is 11.9. The first kappa shape index (κ1) is 13.0. The Morgan fingerprint density at radius 3 is 2.76 bits per heavy atom. The number of hydrogen-bond donors (Lipinski definition) is 1. The van der Waals surface area contributed by atoms with Crippen LogP contribution in [0.4, 0.5) is 0 Å². The van der Waals surface area contributed by atoms with Crippen molar-refractivity contribution in [2.45, 2.75) is 56.2 Å². The molecule has 1 N–H and O–H groups in total. The standard InChI is InChI=1S/C15H23NS/c1-4-6-14-15(16-9-5-2)12-10-11(3)7-8-13(12)17-14/h7-8,10,14-16H,4-6,9H2,1-3H3. The zero-order valence-electron chi connectivity index (χ0n) is 11.1. The molecule has 0 saturated carbocycles. The van der Waals surface area contributed by atoms with Gasteiger partial charge in [0, 0.05) is 16.2 Å². The van der Waals surface area contributed by atoms with Crippen molar-refractivity contribution in [3.63, 3.8) is 0 Å². The molecule has 94 valence electrons. The third-order valence-corrected chi connectivity index (χ3v) is 4.77. The Morgan fingerprint density at radius 1 is 1.24 bits per heavy atom. The minimum Gasteiger partial charge on any atom is -0.309 e. The fraction of sp³-hybridized carbons (Fsp3) is 0.600. The highest BCUT2D eigenvalue weighted by Gasteiger charge is 2.31. The molecule has 17 heavy (non-hydrogen) atoms. The lowest BCUT2D eigenvalue weighted by Crippen LogP contribution is -2.27. The Bertz CT molecular complexity index is 375. The van der Waals surface area contributed by atoms with Gasteiger partial charge in [-0.1, -0.05) is 38.0 Å². The van der Waals surface area contributed by atoms with Crippen molar-refractivity contribution in [2.24, 2.45) is 0 Å². The lowest BCUT2D eigenvalue weighted by atomic mass is 9.99. The van der Waals surface area contributed by atoms with Crippen LogP contribution in [-0.2, 0) is 0 Å². The van der Waals surface area contributed by atoms with Crippen LogP contribution in [0.2, 0.25) is 0 Å². The number of fused-ring (bicyclic) bond motifs is 1. The molecule has 1 aromatic rings. The number of aryl methyl sites for hydroxylation is 1. The molecule has 0 aliphatic carbocycles. The van der Waals surface area contributed by atoms with Gasteiger partial charge in [0.2, 0.25) is 0 Å². The number of benzene rings is 1. The smallest absolute Gasteiger partial charge is 0.0455 e. The number of nitrogens with one attached hydrogen (secondary N) is 1. The zero-order chi connectivity index (χ0) is 12.3. The summed E-state index contributed by atoms with van der Waals surface area (Å²) in [6.07, 6.45) is 3.79. The summed E-state index contributed by atoms with van der Waals surface area (Å²) >= 11 is 2.07. The van der Waals surface area contributed by atoms with Crippen LogP contribution < -0.4 is 5.32 Å².